The van der Waals surface area contributed by atoms with Gasteiger partial charge in [0.1, 0.15) is 5.82 Å². The monoisotopic (exact) mass is 250 g/mol. The van der Waals surface area contributed by atoms with Crippen molar-refractivity contribution >= 4 is 11.5 Å². The zero-order valence-corrected chi connectivity index (χ0v) is 11.9. The lowest BCUT2D eigenvalue weighted by Crippen LogP contribution is -2.24. The van der Waals surface area contributed by atoms with E-state index in [1.54, 1.807) is 0 Å². The van der Waals surface area contributed by atoms with Gasteiger partial charge in [0.2, 0.25) is 0 Å². The van der Waals surface area contributed by atoms with Crippen molar-refractivity contribution in [3.05, 3.63) is 5.69 Å². The number of hydrogen-bond acceptors (Lipinski definition) is 3. The highest BCUT2D eigenvalue weighted by atomic mass is 15.3. The Labute approximate surface area is 110 Å². The van der Waals surface area contributed by atoms with E-state index >= 15 is 0 Å². The van der Waals surface area contributed by atoms with Crippen molar-refractivity contribution < 1.29 is 0 Å². The van der Waals surface area contributed by atoms with E-state index in [0.717, 1.165) is 36.6 Å². The molecule has 1 aromatic rings. The van der Waals surface area contributed by atoms with Crippen molar-refractivity contribution in [3.63, 3.8) is 0 Å². The molecule has 0 spiro atoms. The molecule has 1 fully saturated rings. The molecule has 0 aromatic carbocycles. The minimum absolute atomic E-state index is 0.432. The van der Waals surface area contributed by atoms with Gasteiger partial charge in [-0.05, 0) is 24.7 Å². The summed E-state index contributed by atoms with van der Waals surface area (Å²) in [5.41, 5.74) is 8.47. The molecule has 0 radical (unpaired) electrons. The number of hydrogen-bond donors (Lipinski definition) is 2. The lowest BCUT2D eigenvalue weighted by atomic mass is 9.89. The number of nitrogen functional groups attached to an aromatic ring is 1. The Morgan fingerprint density at radius 3 is 2.67 bits per heavy atom. The molecule has 18 heavy (non-hydrogen) atoms. The van der Waals surface area contributed by atoms with E-state index < -0.39 is 0 Å². The predicted molar refractivity (Wildman–Crippen MR) is 76.7 cm³/mol. The molecule has 102 valence electrons. The zero-order valence-electron chi connectivity index (χ0n) is 11.9. The third-order valence-electron chi connectivity index (χ3n) is 4.14. The summed E-state index contributed by atoms with van der Waals surface area (Å²) in [6, 6.07) is 0. The van der Waals surface area contributed by atoms with Crippen LogP contribution < -0.4 is 11.1 Å². The molecule has 3 N–H and O–H groups in total. The highest BCUT2D eigenvalue weighted by Crippen LogP contribution is 2.38. The third-order valence-corrected chi connectivity index (χ3v) is 4.14. The van der Waals surface area contributed by atoms with Crippen molar-refractivity contribution in [2.75, 3.05) is 17.6 Å². The van der Waals surface area contributed by atoms with Crippen LogP contribution in [0.25, 0.3) is 0 Å². The second kappa shape index (κ2) is 5.21. The molecule has 1 heterocycles. The van der Waals surface area contributed by atoms with Crippen LogP contribution in [0.1, 0.15) is 51.6 Å². The van der Waals surface area contributed by atoms with Gasteiger partial charge in [-0.2, -0.15) is 5.10 Å². The maximum atomic E-state index is 6.17. The van der Waals surface area contributed by atoms with Gasteiger partial charge in [-0.15, -0.1) is 0 Å². The summed E-state index contributed by atoms with van der Waals surface area (Å²) in [5.74, 6) is 0.992. The zero-order chi connectivity index (χ0) is 13.2. The van der Waals surface area contributed by atoms with Crippen molar-refractivity contribution in [2.45, 2.75) is 52.4 Å². The van der Waals surface area contributed by atoms with Crippen LogP contribution in [0.5, 0.6) is 0 Å². The van der Waals surface area contributed by atoms with E-state index in [1.807, 2.05) is 11.7 Å². The number of aromatic nitrogens is 2. The molecule has 0 saturated heterocycles. The van der Waals surface area contributed by atoms with Crippen LogP contribution in [0.15, 0.2) is 0 Å². The second-order valence-electron chi connectivity index (χ2n) is 5.95. The fourth-order valence-corrected chi connectivity index (χ4v) is 2.93. The molecule has 1 aliphatic rings. The predicted octanol–water partition coefficient (Wildman–Crippen LogP) is 2.95. The van der Waals surface area contributed by atoms with Gasteiger partial charge in [0, 0.05) is 13.6 Å². The average Bonchev–Trinajstić information content (AvgIpc) is 2.85. The molecule has 0 atom stereocenters. The van der Waals surface area contributed by atoms with E-state index in [2.05, 4.69) is 24.3 Å². The molecule has 0 aliphatic heterocycles. The Hall–Kier alpha value is -1.19. The topological polar surface area (TPSA) is 55.9 Å². The van der Waals surface area contributed by atoms with Gasteiger partial charge in [0.25, 0.3) is 0 Å². The highest BCUT2D eigenvalue weighted by molar-refractivity contribution is 5.65. The Morgan fingerprint density at radius 2 is 2.06 bits per heavy atom. The van der Waals surface area contributed by atoms with E-state index in [1.165, 1.54) is 25.7 Å². The summed E-state index contributed by atoms with van der Waals surface area (Å²) < 4.78 is 1.89. The largest absolute Gasteiger partial charge is 0.394 e. The maximum absolute atomic E-state index is 6.17. The van der Waals surface area contributed by atoms with Crippen LogP contribution in [0.4, 0.5) is 11.5 Å². The first-order valence-corrected chi connectivity index (χ1v) is 7.11. The molecule has 0 unspecified atom stereocenters. The summed E-state index contributed by atoms with van der Waals surface area (Å²) in [7, 11) is 1.97. The Morgan fingerprint density at radius 1 is 1.39 bits per heavy atom. The molecule has 4 heteroatoms. The van der Waals surface area contributed by atoms with E-state index in [9.17, 15) is 0 Å². The average molecular weight is 250 g/mol. The van der Waals surface area contributed by atoms with Crippen LogP contribution >= 0.6 is 0 Å². The van der Waals surface area contributed by atoms with Crippen LogP contribution in [0.3, 0.4) is 0 Å². The molecule has 4 nitrogen and oxygen atoms in total. The van der Waals surface area contributed by atoms with Gasteiger partial charge in [-0.1, -0.05) is 33.1 Å². The molecule has 1 aliphatic carbocycles. The molecule has 2 rings (SSSR count). The normalized spacial score (nSPS) is 18.2. The second-order valence-corrected chi connectivity index (χ2v) is 5.95. The summed E-state index contributed by atoms with van der Waals surface area (Å²) in [6.07, 6.45) is 7.40. The van der Waals surface area contributed by atoms with Crippen LogP contribution in [-0.2, 0) is 13.5 Å². The SMILES string of the molecule is CCCc1nn(C)c(NCC2(C)CCCC2)c1N. The quantitative estimate of drug-likeness (QED) is 0.844. The van der Waals surface area contributed by atoms with Crippen LogP contribution in [0.2, 0.25) is 0 Å². The maximum Gasteiger partial charge on any atom is 0.147 e. The van der Waals surface area contributed by atoms with Gasteiger partial charge in [-0.3, -0.25) is 4.68 Å². The van der Waals surface area contributed by atoms with Gasteiger partial charge < -0.3 is 11.1 Å². The van der Waals surface area contributed by atoms with Gasteiger partial charge in [0.05, 0.1) is 11.4 Å². The van der Waals surface area contributed by atoms with E-state index in [0.29, 0.717) is 5.41 Å². The number of rotatable bonds is 5. The minimum atomic E-state index is 0.432. The van der Waals surface area contributed by atoms with Gasteiger partial charge >= 0.3 is 0 Å². The Kier molecular flexibility index (Phi) is 3.83. The van der Waals surface area contributed by atoms with E-state index in [-0.39, 0.29) is 0 Å². The van der Waals surface area contributed by atoms with Crippen molar-refractivity contribution in [3.8, 4) is 0 Å². The molecule has 1 saturated carbocycles. The number of nitrogens with zero attached hydrogens (tertiary/aromatic N) is 2. The third kappa shape index (κ3) is 2.62. The van der Waals surface area contributed by atoms with Crippen molar-refractivity contribution in [1.29, 1.82) is 0 Å². The summed E-state index contributed by atoms with van der Waals surface area (Å²) >= 11 is 0. The van der Waals surface area contributed by atoms with Crippen LogP contribution in [-0.4, -0.2) is 16.3 Å². The highest BCUT2D eigenvalue weighted by Gasteiger charge is 2.29. The number of aryl methyl sites for hydroxylation is 2. The first-order valence-electron chi connectivity index (χ1n) is 7.11. The minimum Gasteiger partial charge on any atom is -0.394 e. The fourth-order valence-electron chi connectivity index (χ4n) is 2.93. The summed E-state index contributed by atoms with van der Waals surface area (Å²) in [6.45, 7) is 5.52. The molecule has 1 aromatic heterocycles. The number of nitrogens with one attached hydrogen (secondary N) is 1. The first kappa shape index (κ1) is 13.2. The fraction of sp³-hybridized carbons (Fsp3) is 0.786. The Bertz CT molecular complexity index is 402. The lowest BCUT2D eigenvalue weighted by Gasteiger charge is -2.24. The first-order chi connectivity index (χ1) is 8.56. The Balaban J connectivity index is 2.04. The molecular formula is C14H26N4. The summed E-state index contributed by atoms with van der Waals surface area (Å²) in [4.78, 5) is 0. The van der Waals surface area contributed by atoms with Gasteiger partial charge in [0.15, 0.2) is 0 Å². The van der Waals surface area contributed by atoms with Crippen LogP contribution in [0, 0.1) is 5.41 Å². The molecular weight excluding hydrogens is 224 g/mol. The van der Waals surface area contributed by atoms with E-state index in [4.69, 9.17) is 5.73 Å². The number of anilines is 2. The summed E-state index contributed by atoms with van der Waals surface area (Å²) in [5, 5.41) is 8.01. The number of nitrogens with two attached hydrogens (primary N) is 1. The van der Waals surface area contributed by atoms with Gasteiger partial charge in [-0.25, -0.2) is 0 Å². The smallest absolute Gasteiger partial charge is 0.147 e. The molecule has 0 amide bonds. The van der Waals surface area contributed by atoms with Crippen molar-refractivity contribution in [2.24, 2.45) is 12.5 Å². The standard InChI is InChI=1S/C14H26N4/c1-4-7-11-12(15)13(18(3)17-11)16-10-14(2)8-5-6-9-14/h16H,4-10,15H2,1-3H3. The molecule has 0 bridgehead atoms. The lowest BCUT2D eigenvalue weighted by molar-refractivity contribution is 0.361. The van der Waals surface area contributed by atoms with Crippen molar-refractivity contribution in [1.82, 2.24) is 9.78 Å².